The van der Waals surface area contributed by atoms with E-state index in [9.17, 15) is 8.42 Å². The predicted molar refractivity (Wildman–Crippen MR) is 116 cm³/mol. The number of anilines is 4. The molecule has 4 rings (SSSR count). The summed E-state index contributed by atoms with van der Waals surface area (Å²) in [5.74, 6) is 0.609. The minimum Gasteiger partial charge on any atom is -0.399 e. The third-order valence-electron chi connectivity index (χ3n) is 4.37. The van der Waals surface area contributed by atoms with E-state index in [1.807, 2.05) is 49.5 Å². The van der Waals surface area contributed by atoms with Gasteiger partial charge in [0.1, 0.15) is 5.82 Å². The molecule has 8 nitrogen and oxygen atoms in total. The van der Waals surface area contributed by atoms with Crippen molar-refractivity contribution in [2.75, 3.05) is 22.0 Å². The lowest BCUT2D eigenvalue weighted by Crippen LogP contribution is -2.10. The minimum atomic E-state index is -3.37. The molecule has 0 bridgehead atoms. The highest BCUT2D eigenvalue weighted by molar-refractivity contribution is 7.92. The van der Waals surface area contributed by atoms with Crippen LogP contribution in [0.4, 0.5) is 22.9 Å². The van der Waals surface area contributed by atoms with Gasteiger partial charge in [0, 0.05) is 23.1 Å². The molecule has 0 aliphatic carbocycles. The number of aryl methyl sites for hydroxylation is 1. The molecule has 0 atom stereocenters. The zero-order valence-electron chi connectivity index (χ0n) is 15.9. The number of nitrogens with two attached hydrogens (primary N) is 1. The fourth-order valence-corrected chi connectivity index (χ4v) is 3.63. The molecule has 0 saturated carbocycles. The fourth-order valence-electron chi connectivity index (χ4n) is 3.01. The predicted octanol–water partition coefficient (Wildman–Crippen LogP) is 3.40. The van der Waals surface area contributed by atoms with Gasteiger partial charge in [-0.25, -0.2) is 17.9 Å². The van der Waals surface area contributed by atoms with E-state index in [4.69, 9.17) is 5.73 Å². The van der Waals surface area contributed by atoms with Crippen LogP contribution in [0.15, 0.2) is 60.9 Å². The van der Waals surface area contributed by atoms with E-state index in [0.29, 0.717) is 28.5 Å². The van der Waals surface area contributed by atoms with E-state index in [0.717, 1.165) is 22.9 Å². The monoisotopic (exact) mass is 408 g/mol. The smallest absolute Gasteiger partial charge is 0.229 e. The van der Waals surface area contributed by atoms with Gasteiger partial charge in [0.2, 0.25) is 10.0 Å². The lowest BCUT2D eigenvalue weighted by Gasteiger charge is -2.11. The molecule has 2 heterocycles. The summed E-state index contributed by atoms with van der Waals surface area (Å²) in [6.07, 6.45) is 4.69. The maximum absolute atomic E-state index is 11.6. The van der Waals surface area contributed by atoms with Gasteiger partial charge in [0.05, 0.1) is 18.1 Å². The van der Waals surface area contributed by atoms with E-state index >= 15 is 0 Å². The summed E-state index contributed by atoms with van der Waals surface area (Å²) < 4.78 is 27.4. The number of rotatable bonds is 5. The Morgan fingerprint density at radius 3 is 2.69 bits per heavy atom. The first kappa shape index (κ1) is 18.8. The molecular formula is C20H20N6O2S. The van der Waals surface area contributed by atoms with Gasteiger partial charge in [-0.2, -0.15) is 5.10 Å². The zero-order chi connectivity index (χ0) is 20.6. The van der Waals surface area contributed by atoms with Gasteiger partial charge in [-0.1, -0.05) is 18.2 Å². The molecule has 0 unspecified atom stereocenters. The highest BCUT2D eigenvalue weighted by Crippen LogP contribution is 2.27. The number of nitrogens with zero attached hydrogens (tertiary/aromatic N) is 3. The molecule has 148 valence electrons. The normalized spacial score (nSPS) is 11.5. The number of sulfonamides is 1. The summed E-state index contributed by atoms with van der Waals surface area (Å²) in [7, 11) is -3.37. The standard InChI is InChI=1S/C20H20N6O2S/c1-13-6-7-16(11-18(13)25-29(2,27)28)23-19-8-9-26-20(24-19)17(12-22-26)14-4-3-5-15(21)10-14/h3-12,25H,21H2,1-2H3,(H,23,24). The molecule has 2 aromatic heterocycles. The van der Waals surface area contributed by atoms with Gasteiger partial charge < -0.3 is 11.1 Å². The number of nitrogen functional groups attached to an aromatic ring is 1. The summed E-state index contributed by atoms with van der Waals surface area (Å²) in [6, 6.07) is 14.8. The largest absolute Gasteiger partial charge is 0.399 e. The molecule has 2 aromatic carbocycles. The van der Waals surface area contributed by atoms with Crippen molar-refractivity contribution >= 4 is 38.6 Å². The molecule has 4 aromatic rings. The van der Waals surface area contributed by atoms with Gasteiger partial charge >= 0.3 is 0 Å². The second-order valence-electron chi connectivity index (χ2n) is 6.79. The Labute approximate surface area is 168 Å². The molecule has 0 spiro atoms. The first-order valence-electron chi connectivity index (χ1n) is 8.84. The highest BCUT2D eigenvalue weighted by Gasteiger charge is 2.11. The van der Waals surface area contributed by atoms with Crippen LogP contribution in [0.5, 0.6) is 0 Å². The summed E-state index contributed by atoms with van der Waals surface area (Å²) in [5.41, 5.74) is 11.1. The molecule has 0 aliphatic rings. The van der Waals surface area contributed by atoms with Gasteiger partial charge in [-0.05, 0) is 48.4 Å². The number of hydrogen-bond acceptors (Lipinski definition) is 6. The average molecular weight is 408 g/mol. The molecule has 0 radical (unpaired) electrons. The van der Waals surface area contributed by atoms with E-state index in [1.54, 1.807) is 22.8 Å². The maximum Gasteiger partial charge on any atom is 0.229 e. The van der Waals surface area contributed by atoms with Crippen LogP contribution in [0.1, 0.15) is 5.56 Å². The van der Waals surface area contributed by atoms with Crippen molar-refractivity contribution < 1.29 is 8.42 Å². The molecule has 0 fully saturated rings. The number of aromatic nitrogens is 3. The van der Waals surface area contributed by atoms with Crippen molar-refractivity contribution in [2.45, 2.75) is 6.92 Å². The Hall–Kier alpha value is -3.59. The first-order chi connectivity index (χ1) is 13.8. The first-order valence-corrected chi connectivity index (χ1v) is 10.7. The fraction of sp³-hybridized carbons (Fsp3) is 0.100. The third kappa shape index (κ3) is 4.14. The van der Waals surface area contributed by atoms with Crippen LogP contribution >= 0.6 is 0 Å². The lowest BCUT2D eigenvalue weighted by molar-refractivity contribution is 0.607. The van der Waals surface area contributed by atoms with Gasteiger partial charge in [-0.15, -0.1) is 0 Å². The van der Waals surface area contributed by atoms with Crippen LogP contribution in [0.3, 0.4) is 0 Å². The summed E-state index contributed by atoms with van der Waals surface area (Å²) in [6.45, 7) is 1.84. The Morgan fingerprint density at radius 2 is 1.93 bits per heavy atom. The highest BCUT2D eigenvalue weighted by atomic mass is 32.2. The quantitative estimate of drug-likeness (QED) is 0.436. The lowest BCUT2D eigenvalue weighted by atomic mass is 10.1. The Balaban J connectivity index is 1.69. The van der Waals surface area contributed by atoms with Crippen LogP contribution in [0, 0.1) is 6.92 Å². The minimum absolute atomic E-state index is 0.517. The zero-order valence-corrected chi connectivity index (χ0v) is 16.7. The van der Waals surface area contributed by atoms with Gasteiger partial charge in [0.15, 0.2) is 5.65 Å². The SMILES string of the molecule is Cc1ccc(Nc2ccn3ncc(-c4cccc(N)c4)c3n2)cc1NS(C)(=O)=O. The van der Waals surface area contributed by atoms with Crippen LogP contribution in [-0.4, -0.2) is 29.3 Å². The Bertz CT molecular complexity index is 1310. The number of hydrogen-bond donors (Lipinski definition) is 3. The maximum atomic E-state index is 11.6. The van der Waals surface area contributed by atoms with E-state index in [2.05, 4.69) is 20.1 Å². The van der Waals surface area contributed by atoms with Crippen LogP contribution in [0.2, 0.25) is 0 Å². The molecule has 29 heavy (non-hydrogen) atoms. The second kappa shape index (κ2) is 7.10. The van der Waals surface area contributed by atoms with Gasteiger partial charge in [-0.3, -0.25) is 4.72 Å². The van der Waals surface area contributed by atoms with Crippen LogP contribution < -0.4 is 15.8 Å². The van der Waals surface area contributed by atoms with Gasteiger partial charge in [0.25, 0.3) is 0 Å². The van der Waals surface area contributed by atoms with E-state index in [-0.39, 0.29) is 0 Å². The van der Waals surface area contributed by atoms with Crippen molar-refractivity contribution in [3.63, 3.8) is 0 Å². The van der Waals surface area contributed by atoms with Crippen LogP contribution in [0.25, 0.3) is 16.8 Å². The topological polar surface area (TPSA) is 114 Å². The molecular weight excluding hydrogens is 388 g/mol. The van der Waals surface area contributed by atoms with Crippen molar-refractivity contribution in [3.05, 3.63) is 66.5 Å². The number of benzene rings is 2. The number of nitrogens with one attached hydrogen (secondary N) is 2. The average Bonchev–Trinajstić information content (AvgIpc) is 3.06. The van der Waals surface area contributed by atoms with E-state index in [1.165, 1.54) is 0 Å². The van der Waals surface area contributed by atoms with E-state index < -0.39 is 10.0 Å². The molecule has 0 saturated heterocycles. The number of fused-ring (bicyclic) bond motifs is 1. The molecule has 9 heteroatoms. The molecule has 0 aliphatic heterocycles. The summed E-state index contributed by atoms with van der Waals surface area (Å²) >= 11 is 0. The van der Waals surface area contributed by atoms with Crippen molar-refractivity contribution in [1.82, 2.24) is 14.6 Å². The van der Waals surface area contributed by atoms with Crippen LogP contribution in [-0.2, 0) is 10.0 Å². The van der Waals surface area contributed by atoms with Crippen molar-refractivity contribution in [2.24, 2.45) is 0 Å². The third-order valence-corrected chi connectivity index (χ3v) is 4.96. The Kier molecular flexibility index (Phi) is 4.59. The molecule has 4 N–H and O–H groups in total. The second-order valence-corrected chi connectivity index (χ2v) is 8.54. The summed E-state index contributed by atoms with van der Waals surface area (Å²) in [4.78, 5) is 4.67. The summed E-state index contributed by atoms with van der Waals surface area (Å²) in [5, 5.41) is 7.57. The Morgan fingerprint density at radius 1 is 1.10 bits per heavy atom. The molecule has 0 amide bonds. The van der Waals surface area contributed by atoms with Crippen molar-refractivity contribution in [3.8, 4) is 11.1 Å². The van der Waals surface area contributed by atoms with Crippen molar-refractivity contribution in [1.29, 1.82) is 0 Å².